The molecule has 3 rings (SSSR count). The number of rotatable bonds is 3. The van der Waals surface area contributed by atoms with E-state index in [2.05, 4.69) is 15.2 Å². The number of piperidine rings is 1. The minimum absolute atomic E-state index is 0. The summed E-state index contributed by atoms with van der Waals surface area (Å²) in [5, 5.41) is 3.08. The number of pyridine rings is 1. The summed E-state index contributed by atoms with van der Waals surface area (Å²) in [6.45, 7) is 1.79. The number of nitrogens with two attached hydrogens (primary N) is 1. The molecule has 2 heterocycles. The van der Waals surface area contributed by atoms with Gasteiger partial charge < -0.3 is 16.0 Å². The van der Waals surface area contributed by atoms with Crippen molar-refractivity contribution in [1.29, 1.82) is 0 Å². The molecule has 1 aliphatic rings. The molecule has 1 aliphatic heterocycles. The average Bonchev–Trinajstić information content (AvgIpc) is 2.57. The van der Waals surface area contributed by atoms with Gasteiger partial charge in [-0.2, -0.15) is 0 Å². The molecule has 130 valence electrons. The molecule has 1 saturated heterocycles. The van der Waals surface area contributed by atoms with E-state index in [0.717, 1.165) is 31.7 Å². The fourth-order valence-corrected chi connectivity index (χ4v) is 2.76. The fraction of sp³-hybridized carbons (Fsp3) is 0.294. The van der Waals surface area contributed by atoms with Crippen molar-refractivity contribution in [2.75, 3.05) is 23.7 Å². The lowest BCUT2D eigenvalue weighted by molar-refractivity contribution is 0.0932. The van der Waals surface area contributed by atoms with Crippen molar-refractivity contribution in [3.63, 3.8) is 0 Å². The van der Waals surface area contributed by atoms with Gasteiger partial charge in [-0.3, -0.25) is 4.79 Å². The van der Waals surface area contributed by atoms with Crippen molar-refractivity contribution in [2.24, 2.45) is 0 Å². The molecular weight excluding hydrogens is 347 g/mol. The van der Waals surface area contributed by atoms with E-state index in [1.54, 1.807) is 18.3 Å². The topological polar surface area (TPSA) is 71.2 Å². The van der Waals surface area contributed by atoms with Gasteiger partial charge in [0.1, 0.15) is 5.82 Å². The summed E-state index contributed by atoms with van der Waals surface area (Å²) < 4.78 is 0. The van der Waals surface area contributed by atoms with Crippen LogP contribution in [0.2, 0.25) is 0 Å². The second-order valence-electron chi connectivity index (χ2n) is 5.51. The van der Waals surface area contributed by atoms with Gasteiger partial charge in [0.05, 0.1) is 5.56 Å². The highest BCUT2D eigenvalue weighted by molar-refractivity contribution is 5.99. The van der Waals surface area contributed by atoms with Crippen LogP contribution in [0.5, 0.6) is 0 Å². The highest BCUT2D eigenvalue weighted by Crippen LogP contribution is 2.18. The molecule has 0 spiro atoms. The zero-order valence-electron chi connectivity index (χ0n) is 13.2. The maximum atomic E-state index is 12.3. The molecule has 1 fully saturated rings. The summed E-state index contributed by atoms with van der Waals surface area (Å²) >= 11 is 0. The van der Waals surface area contributed by atoms with Gasteiger partial charge in [0.2, 0.25) is 0 Å². The second kappa shape index (κ2) is 9.35. The third-order valence-electron chi connectivity index (χ3n) is 4.01. The first-order chi connectivity index (χ1) is 10.7. The highest BCUT2D eigenvalue weighted by Gasteiger charge is 2.22. The number of para-hydroxylation sites is 1. The molecular formula is C17H22Cl2N4O. The monoisotopic (exact) mass is 368 g/mol. The van der Waals surface area contributed by atoms with Gasteiger partial charge in [-0.1, -0.05) is 18.2 Å². The van der Waals surface area contributed by atoms with Crippen LogP contribution in [-0.4, -0.2) is 30.0 Å². The number of halogens is 2. The number of carbonyl (C=O) groups excluding carboxylic acids is 1. The van der Waals surface area contributed by atoms with Gasteiger partial charge in [0.25, 0.3) is 5.91 Å². The zero-order valence-corrected chi connectivity index (χ0v) is 14.9. The summed E-state index contributed by atoms with van der Waals surface area (Å²) in [6.07, 6.45) is 3.63. The third-order valence-corrected chi connectivity index (χ3v) is 4.01. The molecule has 1 aromatic carbocycles. The van der Waals surface area contributed by atoms with Crippen molar-refractivity contribution in [3.8, 4) is 0 Å². The minimum atomic E-state index is -0.0885. The van der Waals surface area contributed by atoms with Crippen LogP contribution in [0, 0.1) is 0 Å². The number of nitrogens with zero attached hydrogens (tertiary/aromatic N) is 2. The Morgan fingerprint density at radius 2 is 1.75 bits per heavy atom. The van der Waals surface area contributed by atoms with Crippen molar-refractivity contribution in [2.45, 2.75) is 18.9 Å². The molecule has 2 aromatic rings. The van der Waals surface area contributed by atoms with Crippen LogP contribution in [-0.2, 0) is 0 Å². The summed E-state index contributed by atoms with van der Waals surface area (Å²) in [5.41, 5.74) is 6.92. The fourth-order valence-electron chi connectivity index (χ4n) is 2.76. The molecule has 0 radical (unpaired) electrons. The first-order valence-electron chi connectivity index (χ1n) is 7.55. The van der Waals surface area contributed by atoms with Crippen molar-refractivity contribution in [3.05, 3.63) is 54.2 Å². The van der Waals surface area contributed by atoms with Crippen LogP contribution in [0.1, 0.15) is 23.2 Å². The first kappa shape index (κ1) is 20.1. The van der Waals surface area contributed by atoms with Gasteiger partial charge in [0, 0.05) is 31.0 Å². The maximum Gasteiger partial charge on any atom is 0.253 e. The van der Waals surface area contributed by atoms with Gasteiger partial charge in [-0.15, -0.1) is 24.8 Å². The Bertz CT molecular complexity index is 646. The molecule has 1 aromatic heterocycles. The molecule has 24 heavy (non-hydrogen) atoms. The van der Waals surface area contributed by atoms with Gasteiger partial charge in [0.15, 0.2) is 0 Å². The summed E-state index contributed by atoms with van der Waals surface area (Å²) in [5.74, 6) is 0.911. The van der Waals surface area contributed by atoms with E-state index in [4.69, 9.17) is 5.73 Å². The van der Waals surface area contributed by atoms with E-state index in [-0.39, 0.29) is 36.8 Å². The average molecular weight is 369 g/mol. The standard InChI is InChI=1S/C17H20N4O.2ClH/c18-15-6-2-1-5-14(15)17(22)20-13-8-11-21(12-9-13)16-7-3-4-10-19-16;;/h1-7,10,13H,8-9,11-12,18H2,(H,20,22);2*1H. The number of hydrogen-bond acceptors (Lipinski definition) is 4. The van der Waals surface area contributed by atoms with Crippen LogP contribution in [0.3, 0.4) is 0 Å². The molecule has 1 amide bonds. The maximum absolute atomic E-state index is 12.3. The Labute approximate surface area is 154 Å². The SMILES string of the molecule is Cl.Cl.Nc1ccccc1C(=O)NC1CCN(c2ccccn2)CC1. The number of carbonyl (C=O) groups is 1. The van der Waals surface area contributed by atoms with E-state index in [1.807, 2.05) is 30.3 Å². The normalized spacial score (nSPS) is 14.2. The number of anilines is 2. The molecule has 0 unspecified atom stereocenters. The Hall–Kier alpha value is -1.98. The molecule has 7 heteroatoms. The summed E-state index contributed by atoms with van der Waals surface area (Å²) in [6, 6.07) is 13.3. The van der Waals surface area contributed by atoms with E-state index >= 15 is 0 Å². The predicted octanol–water partition coefficient (Wildman–Crippen LogP) is 2.91. The van der Waals surface area contributed by atoms with Gasteiger partial charge in [-0.25, -0.2) is 4.98 Å². The van der Waals surface area contributed by atoms with Crippen molar-refractivity contribution in [1.82, 2.24) is 10.3 Å². The van der Waals surface area contributed by atoms with Crippen LogP contribution in [0.15, 0.2) is 48.7 Å². The van der Waals surface area contributed by atoms with E-state index in [1.165, 1.54) is 0 Å². The van der Waals surface area contributed by atoms with Gasteiger partial charge in [-0.05, 0) is 37.1 Å². The number of aromatic nitrogens is 1. The Balaban J connectivity index is 0.00000144. The second-order valence-corrected chi connectivity index (χ2v) is 5.51. The molecule has 0 bridgehead atoms. The quantitative estimate of drug-likeness (QED) is 0.817. The van der Waals surface area contributed by atoms with Crippen LogP contribution in [0.25, 0.3) is 0 Å². The lowest BCUT2D eigenvalue weighted by Crippen LogP contribution is -2.45. The Kier molecular flexibility index (Phi) is 7.82. The summed E-state index contributed by atoms with van der Waals surface area (Å²) in [4.78, 5) is 18.9. The largest absolute Gasteiger partial charge is 0.398 e. The van der Waals surface area contributed by atoms with Gasteiger partial charge >= 0.3 is 0 Å². The minimum Gasteiger partial charge on any atom is -0.398 e. The highest BCUT2D eigenvalue weighted by atomic mass is 35.5. The molecule has 0 atom stereocenters. The lowest BCUT2D eigenvalue weighted by Gasteiger charge is -2.33. The molecule has 0 aliphatic carbocycles. The number of nitrogen functional groups attached to an aromatic ring is 1. The van der Waals surface area contributed by atoms with Crippen molar-refractivity contribution < 1.29 is 4.79 Å². The van der Waals surface area contributed by atoms with Crippen LogP contribution in [0.4, 0.5) is 11.5 Å². The van der Waals surface area contributed by atoms with Crippen LogP contribution >= 0.6 is 24.8 Å². The number of nitrogens with one attached hydrogen (secondary N) is 1. The molecule has 0 saturated carbocycles. The zero-order chi connectivity index (χ0) is 15.4. The summed E-state index contributed by atoms with van der Waals surface area (Å²) in [7, 11) is 0. The van der Waals surface area contributed by atoms with E-state index < -0.39 is 0 Å². The Morgan fingerprint density at radius 1 is 1.08 bits per heavy atom. The van der Waals surface area contributed by atoms with Crippen molar-refractivity contribution >= 4 is 42.2 Å². The smallest absolute Gasteiger partial charge is 0.253 e. The number of amides is 1. The van der Waals surface area contributed by atoms with E-state index in [0.29, 0.717) is 11.3 Å². The van der Waals surface area contributed by atoms with Crippen LogP contribution < -0.4 is 16.0 Å². The Morgan fingerprint density at radius 3 is 2.38 bits per heavy atom. The molecule has 3 N–H and O–H groups in total. The number of benzene rings is 1. The third kappa shape index (κ3) is 4.76. The van der Waals surface area contributed by atoms with E-state index in [9.17, 15) is 4.79 Å². The molecule has 5 nitrogen and oxygen atoms in total. The lowest BCUT2D eigenvalue weighted by atomic mass is 10.0. The number of hydrogen-bond donors (Lipinski definition) is 2. The first-order valence-corrected chi connectivity index (χ1v) is 7.55. The predicted molar refractivity (Wildman–Crippen MR) is 102 cm³/mol.